The number of amides is 1. The highest BCUT2D eigenvalue weighted by Gasteiger charge is 2.51. The monoisotopic (exact) mass is 346 g/mol. The third-order valence-electron chi connectivity index (χ3n) is 6.06. The molecule has 0 radical (unpaired) electrons. The number of rotatable bonds is 4. The van der Waals surface area contributed by atoms with E-state index in [1.807, 2.05) is 6.07 Å². The number of carbonyl (C=O) groups is 1. The van der Waals surface area contributed by atoms with Crippen LogP contribution in [0.15, 0.2) is 12.3 Å². The summed E-state index contributed by atoms with van der Waals surface area (Å²) in [6, 6.07) is 2.85. The van der Waals surface area contributed by atoms with Crippen LogP contribution in [0, 0.1) is 0 Å². The average molecular weight is 346 g/mol. The van der Waals surface area contributed by atoms with E-state index in [4.69, 9.17) is 9.94 Å². The summed E-state index contributed by atoms with van der Waals surface area (Å²) >= 11 is 0. The molecule has 3 atom stereocenters. The van der Waals surface area contributed by atoms with Crippen molar-refractivity contribution in [2.24, 2.45) is 0 Å². The Morgan fingerprint density at radius 3 is 3.04 bits per heavy atom. The Morgan fingerprint density at radius 2 is 2.40 bits per heavy atom. The minimum absolute atomic E-state index is 0.0577. The number of hydroxylamine groups is 1. The number of ether oxygens (including phenoxy) is 1. The van der Waals surface area contributed by atoms with E-state index in [-0.39, 0.29) is 5.60 Å². The van der Waals surface area contributed by atoms with Crippen LogP contribution in [-0.2, 0) is 17.7 Å². The van der Waals surface area contributed by atoms with Gasteiger partial charge in [0.05, 0.1) is 17.8 Å². The lowest BCUT2D eigenvalue weighted by molar-refractivity contribution is -0.0661. The van der Waals surface area contributed by atoms with Gasteiger partial charge < -0.3 is 4.74 Å². The van der Waals surface area contributed by atoms with E-state index in [1.54, 1.807) is 11.7 Å². The van der Waals surface area contributed by atoms with E-state index in [1.165, 1.54) is 0 Å². The van der Waals surface area contributed by atoms with Gasteiger partial charge in [-0.3, -0.25) is 24.8 Å². The van der Waals surface area contributed by atoms with Gasteiger partial charge in [0.1, 0.15) is 0 Å². The topological polar surface area (TPSA) is 77.9 Å². The van der Waals surface area contributed by atoms with Crippen LogP contribution < -0.4 is 5.48 Å². The van der Waals surface area contributed by atoms with Gasteiger partial charge in [0.15, 0.2) is 0 Å². The minimum Gasteiger partial charge on any atom is -0.371 e. The van der Waals surface area contributed by atoms with Crippen molar-refractivity contribution in [2.45, 2.75) is 50.4 Å². The molecule has 0 aromatic carbocycles. The fraction of sp³-hybridized carbons (Fsp3) is 0.667. The number of likely N-dealkylation sites (N-methyl/N-ethyl adjacent to an activating group) is 1. The molecule has 2 N–H and O–H groups in total. The zero-order chi connectivity index (χ0) is 17.6. The maximum absolute atomic E-state index is 11.7. The highest BCUT2D eigenvalue weighted by molar-refractivity contribution is 5.93. The molecule has 2 bridgehead atoms. The first-order valence-corrected chi connectivity index (χ1v) is 9.04. The largest absolute Gasteiger partial charge is 0.371 e. The molecule has 0 unspecified atom stereocenters. The highest BCUT2D eigenvalue weighted by atomic mass is 16.5. The van der Waals surface area contributed by atoms with Crippen LogP contribution in [0.5, 0.6) is 0 Å². The van der Waals surface area contributed by atoms with Crippen LogP contribution in [0.25, 0.3) is 0 Å². The summed E-state index contributed by atoms with van der Waals surface area (Å²) in [6.45, 7) is 5.73. The number of aromatic nitrogens is 1. The van der Waals surface area contributed by atoms with Gasteiger partial charge in [-0.1, -0.05) is 6.92 Å². The number of pyridine rings is 1. The predicted octanol–water partition coefficient (Wildman–Crippen LogP) is 0.810. The number of hydrogen-bond donors (Lipinski definition) is 2. The number of hydrogen-bond acceptors (Lipinski definition) is 6. The van der Waals surface area contributed by atoms with Crippen LogP contribution in [0.2, 0.25) is 0 Å². The smallest absolute Gasteiger partial charge is 0.276 e. The summed E-state index contributed by atoms with van der Waals surface area (Å²) in [7, 11) is 2.18. The molecule has 0 spiro atoms. The van der Waals surface area contributed by atoms with Gasteiger partial charge in [-0.05, 0) is 31.5 Å². The molecule has 2 saturated heterocycles. The zero-order valence-electron chi connectivity index (χ0n) is 14.9. The van der Waals surface area contributed by atoms with Gasteiger partial charge in [0, 0.05) is 50.0 Å². The van der Waals surface area contributed by atoms with Gasteiger partial charge in [-0.2, -0.15) is 0 Å². The molecular weight excluding hydrogens is 320 g/mol. The van der Waals surface area contributed by atoms with E-state index in [0.29, 0.717) is 17.6 Å². The number of nitrogens with zero attached hydrogens (tertiary/aromatic N) is 3. The Balaban J connectivity index is 1.56. The number of nitrogens with one attached hydrogen (secondary N) is 1. The van der Waals surface area contributed by atoms with E-state index in [0.717, 1.165) is 56.8 Å². The second-order valence-electron chi connectivity index (χ2n) is 7.71. The first kappa shape index (κ1) is 16.9. The molecule has 3 aliphatic rings. The first-order chi connectivity index (χ1) is 12.0. The fourth-order valence-corrected chi connectivity index (χ4v) is 4.66. The fourth-order valence-electron chi connectivity index (χ4n) is 4.66. The molecule has 1 aromatic heterocycles. The summed E-state index contributed by atoms with van der Waals surface area (Å²) in [6.07, 6.45) is 4.61. The van der Waals surface area contributed by atoms with Gasteiger partial charge in [0.2, 0.25) is 0 Å². The Labute approximate surface area is 147 Å². The Hall–Kier alpha value is -1.54. The third kappa shape index (κ3) is 2.95. The lowest BCUT2D eigenvalue weighted by atomic mass is 9.93. The van der Waals surface area contributed by atoms with Gasteiger partial charge in [0.25, 0.3) is 5.91 Å². The number of fused-ring (bicyclic) bond motifs is 3. The molecule has 25 heavy (non-hydrogen) atoms. The van der Waals surface area contributed by atoms with Crippen molar-refractivity contribution >= 4 is 5.91 Å². The summed E-state index contributed by atoms with van der Waals surface area (Å²) in [5.41, 5.74) is 4.15. The first-order valence-electron chi connectivity index (χ1n) is 9.04. The molecule has 3 aliphatic heterocycles. The lowest BCUT2D eigenvalue weighted by Crippen LogP contribution is -2.52. The van der Waals surface area contributed by atoms with Crippen molar-refractivity contribution in [1.82, 2.24) is 20.3 Å². The number of carbonyl (C=O) groups excluding carboxylic acids is 1. The molecule has 136 valence electrons. The molecule has 1 aromatic rings. The van der Waals surface area contributed by atoms with Crippen molar-refractivity contribution in [3.05, 3.63) is 29.1 Å². The second-order valence-corrected chi connectivity index (χ2v) is 7.71. The molecular formula is C18H26N4O3. The standard InChI is InChI=1S/C18H26N4O3/c1-3-14-5-16-13(4-12(7-19-16)17(23)20-24)8-22(14)11-18-6-15(9-25-18)21(2)10-18/h4,7,14-15,24H,3,5-6,8-11H2,1-2H3,(H,20,23)/t14-,15+,18+/m1/s1. The summed E-state index contributed by atoms with van der Waals surface area (Å²) < 4.78 is 6.18. The maximum atomic E-state index is 11.7. The molecule has 4 heterocycles. The van der Waals surface area contributed by atoms with Gasteiger partial charge >= 0.3 is 0 Å². The van der Waals surface area contributed by atoms with Crippen LogP contribution in [0.4, 0.5) is 0 Å². The molecule has 4 rings (SSSR count). The zero-order valence-corrected chi connectivity index (χ0v) is 14.9. The SMILES string of the molecule is CC[C@@H]1Cc2ncc(C(=O)NO)cc2CN1C[C@@]12C[C@@H](CO1)N(C)C2. The van der Waals surface area contributed by atoms with Crippen molar-refractivity contribution in [2.75, 3.05) is 26.7 Å². The molecule has 7 nitrogen and oxygen atoms in total. The predicted molar refractivity (Wildman–Crippen MR) is 91.4 cm³/mol. The molecule has 0 saturated carbocycles. The van der Waals surface area contributed by atoms with Crippen LogP contribution in [0.3, 0.4) is 0 Å². The van der Waals surface area contributed by atoms with E-state index < -0.39 is 5.91 Å². The van der Waals surface area contributed by atoms with Crippen LogP contribution in [0.1, 0.15) is 41.4 Å². The highest BCUT2D eigenvalue weighted by Crippen LogP contribution is 2.38. The lowest BCUT2D eigenvalue weighted by Gasteiger charge is -2.41. The molecule has 0 aliphatic carbocycles. The Kier molecular flexibility index (Phi) is 4.27. The summed E-state index contributed by atoms with van der Waals surface area (Å²) in [5.74, 6) is -0.516. The number of likely N-dealkylation sites (tertiary alicyclic amines) is 1. The van der Waals surface area contributed by atoms with E-state index >= 15 is 0 Å². The quantitative estimate of drug-likeness (QED) is 0.621. The number of morpholine rings is 1. The van der Waals surface area contributed by atoms with E-state index in [2.05, 4.69) is 28.8 Å². The van der Waals surface area contributed by atoms with Crippen LogP contribution >= 0.6 is 0 Å². The van der Waals surface area contributed by atoms with E-state index in [9.17, 15) is 4.79 Å². The van der Waals surface area contributed by atoms with Crippen molar-refractivity contribution in [3.63, 3.8) is 0 Å². The normalized spacial score (nSPS) is 32.0. The van der Waals surface area contributed by atoms with Gasteiger partial charge in [-0.15, -0.1) is 0 Å². The molecule has 2 fully saturated rings. The molecule has 7 heteroatoms. The van der Waals surface area contributed by atoms with Crippen molar-refractivity contribution < 1.29 is 14.7 Å². The minimum atomic E-state index is -0.516. The van der Waals surface area contributed by atoms with Crippen LogP contribution in [-0.4, -0.2) is 70.3 Å². The van der Waals surface area contributed by atoms with Crippen molar-refractivity contribution in [3.8, 4) is 0 Å². The molecule has 1 amide bonds. The summed E-state index contributed by atoms with van der Waals surface area (Å²) in [5, 5.41) is 8.85. The Morgan fingerprint density at radius 1 is 1.56 bits per heavy atom. The van der Waals surface area contributed by atoms with Crippen molar-refractivity contribution in [1.29, 1.82) is 0 Å². The van der Waals surface area contributed by atoms with Gasteiger partial charge in [-0.25, -0.2) is 5.48 Å². The third-order valence-corrected chi connectivity index (χ3v) is 6.06. The average Bonchev–Trinajstić information content (AvgIpc) is 3.16. The summed E-state index contributed by atoms with van der Waals surface area (Å²) in [4.78, 5) is 21.1. The Bertz CT molecular complexity index is 678. The maximum Gasteiger partial charge on any atom is 0.276 e. The second kappa shape index (κ2) is 6.32.